The number of anilines is 1. The van der Waals surface area contributed by atoms with Crippen molar-refractivity contribution in [3.8, 4) is 5.75 Å². The van der Waals surface area contributed by atoms with Crippen LogP contribution < -0.4 is 10.1 Å². The highest BCUT2D eigenvalue weighted by molar-refractivity contribution is 7.89. The van der Waals surface area contributed by atoms with E-state index in [4.69, 9.17) is 4.74 Å². The molecule has 1 aliphatic carbocycles. The Balaban J connectivity index is 1.65. The monoisotopic (exact) mass is 430 g/mol. The molecule has 0 spiro atoms. The molecule has 30 heavy (non-hydrogen) atoms. The summed E-state index contributed by atoms with van der Waals surface area (Å²) in [5.74, 6) is 0.364. The van der Waals surface area contributed by atoms with Crippen molar-refractivity contribution in [2.24, 2.45) is 0 Å². The summed E-state index contributed by atoms with van der Waals surface area (Å²) in [5.41, 5.74) is 0.536. The minimum absolute atomic E-state index is 0.0589. The van der Waals surface area contributed by atoms with E-state index >= 15 is 0 Å². The van der Waals surface area contributed by atoms with Crippen molar-refractivity contribution < 1.29 is 17.9 Å². The maximum Gasteiger partial charge on any atom is 0.265 e. The van der Waals surface area contributed by atoms with Gasteiger partial charge in [0.1, 0.15) is 5.75 Å². The van der Waals surface area contributed by atoms with Gasteiger partial charge in [-0.3, -0.25) is 4.79 Å². The van der Waals surface area contributed by atoms with E-state index in [1.165, 1.54) is 10.7 Å². The van der Waals surface area contributed by atoms with Crippen LogP contribution in [0, 0.1) is 0 Å². The number of nitrogens with one attached hydrogen (secondary N) is 1. The lowest BCUT2D eigenvalue weighted by Crippen LogP contribution is -2.38. The number of hydrogen-bond acceptors (Lipinski definition) is 4. The SMILES string of the molecule is CCC(Oc1ccccc1)C(=O)Nc1ccc(S(=O)(=O)N(C)C2CCCCC2)cc1. The normalized spacial score (nSPS) is 16.2. The second-order valence-electron chi connectivity index (χ2n) is 7.65. The summed E-state index contributed by atoms with van der Waals surface area (Å²) in [6.45, 7) is 1.88. The lowest BCUT2D eigenvalue weighted by molar-refractivity contribution is -0.122. The van der Waals surface area contributed by atoms with Crippen LogP contribution in [0.25, 0.3) is 0 Å². The second kappa shape index (κ2) is 10.1. The average molecular weight is 431 g/mol. The predicted molar refractivity (Wildman–Crippen MR) is 118 cm³/mol. The van der Waals surface area contributed by atoms with Gasteiger partial charge in [-0.15, -0.1) is 0 Å². The Morgan fingerprint density at radius 1 is 1.07 bits per heavy atom. The molecule has 1 aliphatic rings. The zero-order chi connectivity index (χ0) is 21.6. The highest BCUT2D eigenvalue weighted by Gasteiger charge is 2.29. The van der Waals surface area contributed by atoms with Gasteiger partial charge in [0.25, 0.3) is 5.91 Å². The summed E-state index contributed by atoms with van der Waals surface area (Å²) in [4.78, 5) is 12.8. The molecule has 6 nitrogen and oxygen atoms in total. The van der Waals surface area contributed by atoms with Crippen LogP contribution in [0.15, 0.2) is 59.5 Å². The molecule has 1 N–H and O–H groups in total. The Kier molecular flexibility index (Phi) is 7.50. The highest BCUT2D eigenvalue weighted by atomic mass is 32.2. The molecule has 1 saturated carbocycles. The van der Waals surface area contributed by atoms with Gasteiger partial charge in [-0.05, 0) is 55.7 Å². The number of ether oxygens (including phenoxy) is 1. The molecule has 0 aliphatic heterocycles. The van der Waals surface area contributed by atoms with Gasteiger partial charge in [-0.25, -0.2) is 8.42 Å². The minimum atomic E-state index is -3.55. The summed E-state index contributed by atoms with van der Waals surface area (Å²) in [6.07, 6.45) is 5.00. The van der Waals surface area contributed by atoms with Crippen molar-refractivity contribution >= 4 is 21.6 Å². The van der Waals surface area contributed by atoms with Gasteiger partial charge in [0.2, 0.25) is 10.0 Å². The standard InChI is InChI=1S/C23H30N2O4S/c1-3-22(29-20-12-8-5-9-13-20)23(26)24-18-14-16-21(17-15-18)30(27,28)25(2)19-10-6-4-7-11-19/h5,8-9,12-17,19,22H,3-4,6-7,10-11H2,1-2H3,(H,24,26). The lowest BCUT2D eigenvalue weighted by Gasteiger charge is -2.30. The third kappa shape index (κ3) is 5.40. The maximum atomic E-state index is 12.9. The number of para-hydroxylation sites is 1. The van der Waals surface area contributed by atoms with Crippen molar-refractivity contribution in [2.45, 2.75) is 62.5 Å². The van der Waals surface area contributed by atoms with Crippen molar-refractivity contribution in [3.63, 3.8) is 0 Å². The number of sulfonamides is 1. The number of benzene rings is 2. The predicted octanol–water partition coefficient (Wildman–Crippen LogP) is 4.44. The molecule has 2 aromatic rings. The fourth-order valence-electron chi connectivity index (χ4n) is 3.73. The first-order valence-corrected chi connectivity index (χ1v) is 12.0. The number of nitrogens with zero attached hydrogens (tertiary/aromatic N) is 1. The molecule has 0 saturated heterocycles. The van der Waals surface area contributed by atoms with Crippen LogP contribution in [0.1, 0.15) is 45.4 Å². The van der Waals surface area contributed by atoms with E-state index in [1.54, 1.807) is 43.4 Å². The summed E-state index contributed by atoms with van der Waals surface area (Å²) in [7, 11) is -1.89. The van der Waals surface area contributed by atoms with Crippen molar-refractivity contribution in [1.29, 1.82) is 0 Å². The summed E-state index contributed by atoms with van der Waals surface area (Å²) >= 11 is 0. The first-order valence-electron chi connectivity index (χ1n) is 10.5. The fourth-order valence-corrected chi connectivity index (χ4v) is 5.14. The molecule has 7 heteroatoms. The first-order chi connectivity index (χ1) is 14.4. The maximum absolute atomic E-state index is 12.9. The Bertz CT molecular complexity index is 923. The van der Waals surface area contributed by atoms with E-state index < -0.39 is 16.1 Å². The molecular weight excluding hydrogens is 400 g/mol. The van der Waals surface area contributed by atoms with Crippen LogP contribution in [0.5, 0.6) is 5.75 Å². The van der Waals surface area contributed by atoms with Crippen LogP contribution in [-0.2, 0) is 14.8 Å². The topological polar surface area (TPSA) is 75.7 Å². The third-order valence-corrected chi connectivity index (χ3v) is 7.50. The molecule has 1 unspecified atom stereocenters. The number of carbonyl (C=O) groups excluding carboxylic acids is 1. The number of hydrogen-bond donors (Lipinski definition) is 1. The number of rotatable bonds is 8. The molecule has 0 aromatic heterocycles. The van der Waals surface area contributed by atoms with E-state index in [-0.39, 0.29) is 16.8 Å². The summed E-state index contributed by atoms with van der Waals surface area (Å²) < 4.78 is 33.1. The van der Waals surface area contributed by atoms with Crippen LogP contribution in [0.4, 0.5) is 5.69 Å². The van der Waals surface area contributed by atoms with Crippen LogP contribution in [0.3, 0.4) is 0 Å². The molecule has 1 fully saturated rings. The van der Waals surface area contributed by atoms with Gasteiger partial charge in [-0.1, -0.05) is 44.4 Å². The Labute approximate surface area is 179 Å². The molecule has 2 aromatic carbocycles. The Morgan fingerprint density at radius 3 is 2.30 bits per heavy atom. The van der Waals surface area contributed by atoms with Crippen LogP contribution >= 0.6 is 0 Å². The zero-order valence-corrected chi connectivity index (χ0v) is 18.4. The molecule has 0 radical (unpaired) electrons. The summed E-state index contributed by atoms with van der Waals surface area (Å²) in [6, 6.07) is 15.6. The van der Waals surface area contributed by atoms with Crippen molar-refractivity contribution in [2.75, 3.05) is 12.4 Å². The zero-order valence-electron chi connectivity index (χ0n) is 17.6. The fraction of sp³-hybridized carbons (Fsp3) is 0.435. The minimum Gasteiger partial charge on any atom is -0.481 e. The van der Waals surface area contributed by atoms with Crippen molar-refractivity contribution in [3.05, 3.63) is 54.6 Å². The van der Waals surface area contributed by atoms with E-state index in [2.05, 4.69) is 5.32 Å². The number of carbonyl (C=O) groups is 1. The van der Waals surface area contributed by atoms with Gasteiger partial charge in [0.15, 0.2) is 6.10 Å². The molecule has 3 rings (SSSR count). The molecule has 162 valence electrons. The van der Waals surface area contributed by atoms with Gasteiger partial charge in [0.05, 0.1) is 4.90 Å². The smallest absolute Gasteiger partial charge is 0.265 e. The van der Waals surface area contributed by atoms with Crippen LogP contribution in [-0.4, -0.2) is 37.8 Å². The molecule has 1 atom stereocenters. The second-order valence-corrected chi connectivity index (χ2v) is 9.65. The average Bonchev–Trinajstić information content (AvgIpc) is 2.78. The van der Waals surface area contributed by atoms with Gasteiger partial charge in [-0.2, -0.15) is 4.31 Å². The molecule has 1 amide bonds. The molecule has 0 heterocycles. The largest absolute Gasteiger partial charge is 0.481 e. The van der Waals surface area contributed by atoms with Crippen LogP contribution in [0.2, 0.25) is 0 Å². The number of amides is 1. The Morgan fingerprint density at radius 2 is 1.70 bits per heavy atom. The quantitative estimate of drug-likeness (QED) is 0.672. The van der Waals surface area contributed by atoms with Crippen molar-refractivity contribution in [1.82, 2.24) is 4.31 Å². The third-order valence-electron chi connectivity index (χ3n) is 5.57. The molecule has 0 bridgehead atoms. The first kappa shape index (κ1) is 22.3. The van der Waals surface area contributed by atoms with E-state index in [0.29, 0.717) is 17.9 Å². The van der Waals surface area contributed by atoms with E-state index in [1.807, 2.05) is 25.1 Å². The van der Waals surface area contributed by atoms with Gasteiger partial charge >= 0.3 is 0 Å². The lowest BCUT2D eigenvalue weighted by atomic mass is 9.96. The highest BCUT2D eigenvalue weighted by Crippen LogP contribution is 2.27. The van der Waals surface area contributed by atoms with Gasteiger partial charge in [0, 0.05) is 18.8 Å². The van der Waals surface area contributed by atoms with E-state index in [9.17, 15) is 13.2 Å². The summed E-state index contributed by atoms with van der Waals surface area (Å²) in [5, 5.41) is 2.81. The Hall–Kier alpha value is -2.38. The molecular formula is C23H30N2O4S. The van der Waals surface area contributed by atoms with E-state index in [0.717, 1.165) is 25.7 Å². The van der Waals surface area contributed by atoms with Gasteiger partial charge < -0.3 is 10.1 Å².